The molecule has 3 heteroatoms. The number of nitrogens with zero attached hydrogens (tertiary/aromatic N) is 2. The fourth-order valence-corrected chi connectivity index (χ4v) is 2.35. The first-order valence-corrected chi connectivity index (χ1v) is 6.09. The normalized spacial score (nSPS) is 11.2. The quantitative estimate of drug-likeness (QED) is 0.508. The predicted octanol–water partition coefficient (Wildman–Crippen LogP) is 4.04. The lowest BCUT2D eigenvalue weighted by atomic mass is 10.0. The van der Waals surface area contributed by atoms with Gasteiger partial charge < -0.3 is 4.42 Å². The third kappa shape index (κ3) is 1.59. The van der Waals surface area contributed by atoms with Gasteiger partial charge in [0.05, 0.1) is 11.8 Å². The second-order valence-corrected chi connectivity index (χ2v) is 4.41. The monoisotopic (exact) mass is 246 g/mol. The highest BCUT2D eigenvalue weighted by molar-refractivity contribution is 5.94. The summed E-state index contributed by atoms with van der Waals surface area (Å²) in [7, 11) is 0. The van der Waals surface area contributed by atoms with Gasteiger partial charge in [0.2, 0.25) is 5.71 Å². The number of fused-ring (bicyclic) bond motifs is 2. The van der Waals surface area contributed by atoms with E-state index in [4.69, 9.17) is 4.42 Å². The number of furan rings is 1. The first-order valence-electron chi connectivity index (χ1n) is 6.09. The molecule has 0 aliphatic rings. The number of para-hydroxylation sites is 1. The highest BCUT2D eigenvalue weighted by Gasteiger charge is 2.07. The third-order valence-corrected chi connectivity index (χ3v) is 3.27. The lowest BCUT2D eigenvalue weighted by molar-refractivity contribution is 0.603. The molecule has 3 nitrogen and oxygen atoms in total. The van der Waals surface area contributed by atoms with E-state index in [0.717, 1.165) is 27.4 Å². The summed E-state index contributed by atoms with van der Waals surface area (Å²) >= 11 is 0. The van der Waals surface area contributed by atoms with Gasteiger partial charge >= 0.3 is 0 Å². The average molecular weight is 246 g/mol. The molecule has 0 radical (unpaired) electrons. The van der Waals surface area contributed by atoms with E-state index in [9.17, 15) is 0 Å². The van der Waals surface area contributed by atoms with Gasteiger partial charge in [0, 0.05) is 28.7 Å². The summed E-state index contributed by atoms with van der Waals surface area (Å²) in [5.74, 6) is 0. The van der Waals surface area contributed by atoms with E-state index in [1.54, 1.807) is 12.5 Å². The van der Waals surface area contributed by atoms with Crippen molar-refractivity contribution in [2.75, 3.05) is 0 Å². The van der Waals surface area contributed by atoms with Crippen molar-refractivity contribution in [2.24, 2.45) is 0 Å². The fraction of sp³-hybridized carbons (Fsp3) is 0. The summed E-state index contributed by atoms with van der Waals surface area (Å²) in [6.07, 6.45) is 5.32. The molecule has 4 rings (SSSR count). The zero-order valence-corrected chi connectivity index (χ0v) is 10.1. The summed E-state index contributed by atoms with van der Waals surface area (Å²) in [5.41, 5.74) is 3.83. The lowest BCUT2D eigenvalue weighted by Gasteiger charge is -2.04. The van der Waals surface area contributed by atoms with Crippen molar-refractivity contribution in [3.05, 3.63) is 61.1 Å². The Balaban J connectivity index is 2.01. The minimum atomic E-state index is 0.658. The largest absolute Gasteiger partial charge is 0.446 e. The van der Waals surface area contributed by atoms with Gasteiger partial charge in [-0.3, -0.25) is 4.98 Å². The molecule has 0 spiro atoms. The number of benzene rings is 1. The van der Waals surface area contributed by atoms with Crippen LogP contribution in [-0.2, 0) is 0 Å². The molecule has 0 bridgehead atoms. The minimum absolute atomic E-state index is 0.658. The van der Waals surface area contributed by atoms with Crippen LogP contribution in [0.1, 0.15) is 0 Å². The molecule has 3 aromatic heterocycles. The Kier molecular flexibility index (Phi) is 2.12. The summed E-state index contributed by atoms with van der Waals surface area (Å²) in [6, 6.07) is 14.2. The van der Waals surface area contributed by atoms with Crippen LogP contribution in [0.4, 0.5) is 0 Å². The van der Waals surface area contributed by atoms with Crippen molar-refractivity contribution in [1.82, 2.24) is 9.97 Å². The van der Waals surface area contributed by atoms with Gasteiger partial charge in [-0.1, -0.05) is 18.2 Å². The van der Waals surface area contributed by atoms with Crippen LogP contribution >= 0.6 is 0 Å². The highest BCUT2D eigenvalue weighted by Crippen LogP contribution is 2.29. The summed E-state index contributed by atoms with van der Waals surface area (Å²) < 4.78 is 5.34. The van der Waals surface area contributed by atoms with Crippen LogP contribution < -0.4 is 0 Å². The number of hydrogen-bond donors (Lipinski definition) is 0. The topological polar surface area (TPSA) is 38.9 Å². The predicted molar refractivity (Wildman–Crippen MR) is 74.7 cm³/mol. The van der Waals surface area contributed by atoms with E-state index < -0.39 is 0 Å². The Morgan fingerprint density at radius 3 is 2.89 bits per heavy atom. The van der Waals surface area contributed by atoms with Crippen LogP contribution in [0.2, 0.25) is 0 Å². The van der Waals surface area contributed by atoms with Gasteiger partial charge in [-0.25, -0.2) is 4.98 Å². The number of pyridine rings is 2. The van der Waals surface area contributed by atoms with E-state index in [1.165, 1.54) is 0 Å². The van der Waals surface area contributed by atoms with E-state index in [0.29, 0.717) is 5.71 Å². The van der Waals surface area contributed by atoms with E-state index in [2.05, 4.69) is 22.1 Å². The molecule has 0 aliphatic carbocycles. The van der Waals surface area contributed by atoms with Gasteiger partial charge in [0.15, 0.2) is 0 Å². The molecule has 1 aromatic carbocycles. The molecule has 0 aliphatic heterocycles. The summed E-state index contributed by atoms with van der Waals surface area (Å²) in [6.45, 7) is 0. The molecule has 0 fully saturated rings. The Labute approximate surface area is 109 Å². The van der Waals surface area contributed by atoms with E-state index >= 15 is 0 Å². The van der Waals surface area contributed by atoms with Crippen LogP contribution in [0.5, 0.6) is 0 Å². The summed E-state index contributed by atoms with van der Waals surface area (Å²) in [5, 5.41) is 2.15. The van der Waals surface area contributed by atoms with Crippen LogP contribution in [0.3, 0.4) is 0 Å². The zero-order chi connectivity index (χ0) is 12.7. The molecule has 0 saturated carbocycles. The standard InChI is InChI=1S/C16H10N2O/c1-2-4-15-11(3-1)9-12(10-18-15)13-5-7-17-16-14(13)6-8-19-16/h1-10H. The molecule has 0 unspecified atom stereocenters. The molecular formula is C16H10N2O. The minimum Gasteiger partial charge on any atom is -0.446 e. The van der Waals surface area contributed by atoms with Crippen molar-refractivity contribution in [3.63, 3.8) is 0 Å². The van der Waals surface area contributed by atoms with Crippen molar-refractivity contribution in [2.45, 2.75) is 0 Å². The second-order valence-electron chi connectivity index (χ2n) is 4.41. The van der Waals surface area contributed by atoms with Gasteiger partial charge in [0.25, 0.3) is 0 Å². The molecule has 4 aromatic rings. The first kappa shape index (κ1) is 10.3. The highest BCUT2D eigenvalue weighted by atomic mass is 16.3. The molecule has 19 heavy (non-hydrogen) atoms. The van der Waals surface area contributed by atoms with Crippen molar-refractivity contribution in [1.29, 1.82) is 0 Å². The third-order valence-electron chi connectivity index (χ3n) is 3.27. The fourth-order valence-electron chi connectivity index (χ4n) is 2.35. The van der Waals surface area contributed by atoms with Gasteiger partial charge in [-0.2, -0.15) is 0 Å². The molecule has 0 saturated heterocycles. The maximum atomic E-state index is 5.34. The van der Waals surface area contributed by atoms with Crippen LogP contribution in [0.15, 0.2) is 65.5 Å². The van der Waals surface area contributed by atoms with Gasteiger partial charge in [-0.15, -0.1) is 0 Å². The second kappa shape index (κ2) is 3.92. The first-order chi connectivity index (χ1) is 9.42. The maximum Gasteiger partial charge on any atom is 0.226 e. The molecule has 0 atom stereocenters. The zero-order valence-electron chi connectivity index (χ0n) is 10.1. The molecule has 3 heterocycles. The Bertz CT molecular complexity index is 880. The van der Waals surface area contributed by atoms with Crippen LogP contribution in [0.25, 0.3) is 33.1 Å². The lowest BCUT2D eigenvalue weighted by Crippen LogP contribution is -1.84. The van der Waals surface area contributed by atoms with E-state index in [-0.39, 0.29) is 0 Å². The smallest absolute Gasteiger partial charge is 0.226 e. The molecule has 0 amide bonds. The average Bonchev–Trinajstić information content (AvgIpc) is 2.95. The maximum absolute atomic E-state index is 5.34. The van der Waals surface area contributed by atoms with E-state index in [1.807, 2.05) is 36.5 Å². The number of rotatable bonds is 1. The SMILES string of the molecule is c1ccc2ncc(-c3ccnc4occc34)cc2c1. The van der Waals surface area contributed by atoms with Crippen LogP contribution in [0, 0.1) is 0 Å². The number of aromatic nitrogens is 2. The van der Waals surface area contributed by atoms with Gasteiger partial charge in [0.1, 0.15) is 0 Å². The molecule has 90 valence electrons. The van der Waals surface area contributed by atoms with Crippen molar-refractivity contribution >= 4 is 22.0 Å². The van der Waals surface area contributed by atoms with Crippen LogP contribution in [-0.4, -0.2) is 9.97 Å². The van der Waals surface area contributed by atoms with Gasteiger partial charge in [-0.05, 0) is 29.8 Å². The Hall–Kier alpha value is -2.68. The molecule has 0 N–H and O–H groups in total. The summed E-state index contributed by atoms with van der Waals surface area (Å²) in [4.78, 5) is 8.70. The molecular weight excluding hydrogens is 236 g/mol. The Morgan fingerprint density at radius 1 is 0.947 bits per heavy atom. The Morgan fingerprint density at radius 2 is 1.89 bits per heavy atom. The number of hydrogen-bond acceptors (Lipinski definition) is 3. The van der Waals surface area contributed by atoms with Crippen molar-refractivity contribution in [3.8, 4) is 11.1 Å². The van der Waals surface area contributed by atoms with Crippen molar-refractivity contribution < 1.29 is 4.42 Å².